The maximum absolute atomic E-state index is 12.2. The summed E-state index contributed by atoms with van der Waals surface area (Å²) in [4.78, 5) is 13.4. The van der Waals surface area contributed by atoms with Crippen molar-refractivity contribution >= 4 is 33.0 Å². The first-order valence-corrected chi connectivity index (χ1v) is 8.26. The Hall–Kier alpha value is -0.190. The first-order chi connectivity index (χ1) is 8.65. The van der Waals surface area contributed by atoms with Crippen molar-refractivity contribution in [3.05, 3.63) is 20.8 Å². The van der Waals surface area contributed by atoms with E-state index in [4.69, 9.17) is 5.73 Å². The van der Waals surface area contributed by atoms with Crippen LogP contribution >= 0.6 is 27.3 Å². The van der Waals surface area contributed by atoms with Gasteiger partial charge in [-0.3, -0.25) is 4.79 Å². The summed E-state index contributed by atoms with van der Waals surface area (Å²) in [6.45, 7) is 0.657. The highest BCUT2D eigenvalue weighted by Gasteiger charge is 2.32. The van der Waals surface area contributed by atoms with Crippen LogP contribution in [0, 0.1) is 5.41 Å². The molecule has 0 aromatic carbocycles. The third kappa shape index (κ3) is 3.43. The lowest BCUT2D eigenvalue weighted by Crippen LogP contribution is -2.35. The Balaban J connectivity index is 1.95. The normalized spacial score (nSPS) is 18.8. The van der Waals surface area contributed by atoms with Gasteiger partial charge in [-0.25, -0.2) is 0 Å². The second kappa shape index (κ2) is 6.31. The standard InChI is InChI=1S/C14H20BrNOS/c15-12-4-7-18-13(12)8-11(17)9-14(10-16)5-2-1-3-6-14/h4,7H,1-3,5-6,8-10,16H2. The molecule has 0 bridgehead atoms. The molecule has 1 aliphatic rings. The molecule has 1 heterocycles. The van der Waals surface area contributed by atoms with Gasteiger partial charge in [-0.1, -0.05) is 19.3 Å². The number of rotatable bonds is 5. The van der Waals surface area contributed by atoms with E-state index in [9.17, 15) is 4.79 Å². The lowest BCUT2D eigenvalue weighted by molar-refractivity contribution is -0.121. The highest BCUT2D eigenvalue weighted by atomic mass is 79.9. The van der Waals surface area contributed by atoms with E-state index in [0.717, 1.165) is 22.2 Å². The van der Waals surface area contributed by atoms with Gasteiger partial charge in [0.15, 0.2) is 0 Å². The molecule has 1 saturated carbocycles. The lowest BCUT2D eigenvalue weighted by atomic mass is 9.71. The van der Waals surface area contributed by atoms with E-state index in [1.807, 2.05) is 11.4 Å². The van der Waals surface area contributed by atoms with Gasteiger partial charge in [0.25, 0.3) is 0 Å². The minimum absolute atomic E-state index is 0.0963. The van der Waals surface area contributed by atoms with Crippen LogP contribution in [-0.4, -0.2) is 12.3 Å². The largest absolute Gasteiger partial charge is 0.330 e. The van der Waals surface area contributed by atoms with Gasteiger partial charge in [-0.2, -0.15) is 0 Å². The van der Waals surface area contributed by atoms with Gasteiger partial charge in [-0.15, -0.1) is 11.3 Å². The van der Waals surface area contributed by atoms with Gasteiger partial charge in [0.1, 0.15) is 5.78 Å². The SMILES string of the molecule is NCC1(CC(=O)Cc2sccc2Br)CCCCC1. The summed E-state index contributed by atoms with van der Waals surface area (Å²) in [5, 5.41) is 2.02. The number of carbonyl (C=O) groups is 1. The summed E-state index contributed by atoms with van der Waals surface area (Å²) in [7, 11) is 0. The van der Waals surface area contributed by atoms with Crippen molar-refractivity contribution in [2.75, 3.05) is 6.54 Å². The summed E-state index contributed by atoms with van der Waals surface area (Å²) in [6.07, 6.45) is 7.22. The monoisotopic (exact) mass is 329 g/mol. The molecule has 0 atom stereocenters. The average molecular weight is 330 g/mol. The predicted molar refractivity (Wildman–Crippen MR) is 79.9 cm³/mol. The minimum Gasteiger partial charge on any atom is -0.330 e. The number of Topliss-reactive ketones (excluding diaryl/α,β-unsaturated/α-hetero) is 1. The maximum atomic E-state index is 12.2. The van der Waals surface area contributed by atoms with Crippen molar-refractivity contribution in [1.29, 1.82) is 0 Å². The van der Waals surface area contributed by atoms with Crippen LogP contribution in [-0.2, 0) is 11.2 Å². The molecule has 1 aromatic rings. The molecule has 0 radical (unpaired) electrons. The van der Waals surface area contributed by atoms with Crippen LogP contribution in [0.3, 0.4) is 0 Å². The van der Waals surface area contributed by atoms with Gasteiger partial charge in [0.2, 0.25) is 0 Å². The molecule has 18 heavy (non-hydrogen) atoms. The highest BCUT2D eigenvalue weighted by Crippen LogP contribution is 2.39. The third-order valence-corrected chi connectivity index (χ3v) is 5.89. The van der Waals surface area contributed by atoms with E-state index < -0.39 is 0 Å². The Morgan fingerprint density at radius 2 is 2.11 bits per heavy atom. The third-order valence-electron chi connectivity index (χ3n) is 3.97. The summed E-state index contributed by atoms with van der Waals surface area (Å²) < 4.78 is 1.06. The van der Waals surface area contributed by atoms with Crippen LogP contribution in [0.15, 0.2) is 15.9 Å². The van der Waals surface area contributed by atoms with Gasteiger partial charge >= 0.3 is 0 Å². The Labute approximate surface area is 121 Å². The smallest absolute Gasteiger partial charge is 0.138 e. The number of ketones is 1. The second-order valence-electron chi connectivity index (χ2n) is 5.35. The van der Waals surface area contributed by atoms with Crippen molar-refractivity contribution in [3.8, 4) is 0 Å². The Bertz CT molecular complexity index is 410. The molecule has 0 unspecified atom stereocenters. The van der Waals surface area contributed by atoms with Crippen molar-refractivity contribution in [1.82, 2.24) is 0 Å². The topological polar surface area (TPSA) is 43.1 Å². The highest BCUT2D eigenvalue weighted by molar-refractivity contribution is 9.10. The molecule has 2 rings (SSSR count). The molecule has 2 nitrogen and oxygen atoms in total. The average Bonchev–Trinajstić information content (AvgIpc) is 2.76. The van der Waals surface area contributed by atoms with E-state index in [-0.39, 0.29) is 5.41 Å². The van der Waals surface area contributed by atoms with Crippen molar-refractivity contribution in [2.45, 2.75) is 44.9 Å². The van der Waals surface area contributed by atoms with Gasteiger partial charge in [0.05, 0.1) is 0 Å². The lowest BCUT2D eigenvalue weighted by Gasteiger charge is -2.35. The van der Waals surface area contributed by atoms with Crippen molar-refractivity contribution < 1.29 is 4.79 Å². The first-order valence-electron chi connectivity index (χ1n) is 6.59. The van der Waals surface area contributed by atoms with E-state index in [1.165, 1.54) is 19.3 Å². The summed E-state index contributed by atoms with van der Waals surface area (Å²) in [6, 6.07) is 2.01. The Kier molecular flexibility index (Phi) is 4.98. The van der Waals surface area contributed by atoms with Crippen LogP contribution in [0.1, 0.15) is 43.4 Å². The van der Waals surface area contributed by atoms with Gasteiger partial charge in [-0.05, 0) is 52.2 Å². The number of nitrogens with two attached hydrogens (primary N) is 1. The van der Waals surface area contributed by atoms with Crippen LogP contribution in [0.25, 0.3) is 0 Å². The zero-order chi connectivity index (χ0) is 13.0. The molecule has 4 heteroatoms. The summed E-state index contributed by atoms with van der Waals surface area (Å²) in [5.74, 6) is 0.338. The first kappa shape index (κ1) is 14.2. The maximum Gasteiger partial charge on any atom is 0.138 e. The number of carbonyl (C=O) groups excluding carboxylic acids is 1. The molecular formula is C14H20BrNOS. The quantitative estimate of drug-likeness (QED) is 0.889. The van der Waals surface area contributed by atoms with E-state index in [1.54, 1.807) is 11.3 Å². The zero-order valence-corrected chi connectivity index (χ0v) is 13.0. The number of halogens is 1. The van der Waals surface area contributed by atoms with E-state index in [2.05, 4.69) is 15.9 Å². The van der Waals surface area contributed by atoms with Crippen molar-refractivity contribution in [2.24, 2.45) is 11.1 Å². The minimum atomic E-state index is 0.0963. The van der Waals surface area contributed by atoms with Crippen LogP contribution < -0.4 is 5.73 Å². The van der Waals surface area contributed by atoms with Gasteiger partial charge < -0.3 is 5.73 Å². The molecule has 0 spiro atoms. The fourth-order valence-electron chi connectivity index (χ4n) is 2.87. The number of hydrogen-bond acceptors (Lipinski definition) is 3. The Morgan fingerprint density at radius 3 is 2.67 bits per heavy atom. The van der Waals surface area contributed by atoms with Crippen LogP contribution in [0.4, 0.5) is 0 Å². The molecule has 0 saturated heterocycles. The molecule has 0 amide bonds. The molecule has 1 fully saturated rings. The fraction of sp³-hybridized carbons (Fsp3) is 0.643. The Morgan fingerprint density at radius 1 is 1.39 bits per heavy atom. The zero-order valence-electron chi connectivity index (χ0n) is 10.6. The molecule has 2 N–H and O–H groups in total. The summed E-state index contributed by atoms with van der Waals surface area (Å²) >= 11 is 5.13. The number of thiophene rings is 1. The predicted octanol–water partition coefficient (Wildman–Crippen LogP) is 3.92. The summed E-state index contributed by atoms with van der Waals surface area (Å²) in [5.41, 5.74) is 6.03. The molecular weight excluding hydrogens is 310 g/mol. The van der Waals surface area contributed by atoms with E-state index >= 15 is 0 Å². The second-order valence-corrected chi connectivity index (χ2v) is 7.20. The van der Waals surface area contributed by atoms with Crippen molar-refractivity contribution in [3.63, 3.8) is 0 Å². The van der Waals surface area contributed by atoms with Crippen LogP contribution in [0.5, 0.6) is 0 Å². The molecule has 1 aromatic heterocycles. The molecule has 1 aliphatic carbocycles. The molecule has 100 valence electrons. The van der Waals surface area contributed by atoms with Crippen LogP contribution in [0.2, 0.25) is 0 Å². The molecule has 0 aliphatic heterocycles. The van der Waals surface area contributed by atoms with E-state index in [0.29, 0.717) is 25.2 Å². The fourth-order valence-corrected chi connectivity index (χ4v) is 4.39. The van der Waals surface area contributed by atoms with Gasteiger partial charge in [0, 0.05) is 22.2 Å². The number of hydrogen-bond donors (Lipinski definition) is 1.